The van der Waals surface area contributed by atoms with E-state index in [0.717, 1.165) is 35.2 Å². The molecule has 0 fully saturated rings. The highest BCUT2D eigenvalue weighted by Gasteiger charge is 2.23. The van der Waals surface area contributed by atoms with Gasteiger partial charge in [-0.25, -0.2) is 9.97 Å². The Morgan fingerprint density at radius 1 is 1.31 bits per heavy atom. The third-order valence-electron chi connectivity index (χ3n) is 5.62. The van der Waals surface area contributed by atoms with Crippen molar-refractivity contribution in [1.29, 1.82) is 0 Å². The molecule has 162 valence electrons. The number of aromatic nitrogens is 2. The molecule has 3 heterocycles. The van der Waals surface area contributed by atoms with Crippen molar-refractivity contribution < 1.29 is 9.72 Å². The molecule has 10 heteroatoms. The molecule has 32 heavy (non-hydrogen) atoms. The normalized spacial score (nSPS) is 15.5. The SMILES string of the molecule is CC1CCc2nc3sc(C(=O)Nc4nc(-c5cccc([N+](=O)[O-])c5)cs4)c(N)c3cc2C1. The van der Waals surface area contributed by atoms with E-state index in [1.54, 1.807) is 17.5 Å². The summed E-state index contributed by atoms with van der Waals surface area (Å²) >= 11 is 2.54. The van der Waals surface area contributed by atoms with E-state index in [0.29, 0.717) is 32.9 Å². The van der Waals surface area contributed by atoms with Crippen molar-refractivity contribution in [2.45, 2.75) is 26.2 Å². The van der Waals surface area contributed by atoms with E-state index in [1.165, 1.54) is 40.4 Å². The lowest BCUT2D eigenvalue weighted by Crippen LogP contribution is -2.12. The first-order valence-electron chi connectivity index (χ1n) is 10.1. The summed E-state index contributed by atoms with van der Waals surface area (Å²) < 4.78 is 0. The quantitative estimate of drug-likeness (QED) is 0.312. The standard InChI is InChI=1S/C22H19N5O3S2/c1-11-5-6-16-13(7-11)9-15-18(23)19(32-21(15)24-16)20(28)26-22-25-17(10-31-22)12-3-2-4-14(8-12)27(29)30/h2-4,8-11H,5-7,23H2,1H3,(H,25,26,28). The Kier molecular flexibility index (Phi) is 5.10. The number of nitrogens with one attached hydrogen (secondary N) is 1. The number of anilines is 2. The summed E-state index contributed by atoms with van der Waals surface area (Å²) in [5.74, 6) is 0.284. The number of aryl methyl sites for hydroxylation is 1. The topological polar surface area (TPSA) is 124 Å². The van der Waals surface area contributed by atoms with Gasteiger partial charge in [-0.3, -0.25) is 20.2 Å². The molecule has 3 N–H and O–H groups in total. The molecule has 0 saturated heterocycles. The van der Waals surface area contributed by atoms with Crippen molar-refractivity contribution in [1.82, 2.24) is 9.97 Å². The van der Waals surface area contributed by atoms with Gasteiger partial charge in [-0.1, -0.05) is 19.1 Å². The van der Waals surface area contributed by atoms with E-state index >= 15 is 0 Å². The number of nitro benzene ring substituents is 1. The monoisotopic (exact) mass is 465 g/mol. The Morgan fingerprint density at radius 2 is 2.16 bits per heavy atom. The van der Waals surface area contributed by atoms with E-state index in [1.807, 2.05) is 0 Å². The fraction of sp³-hybridized carbons (Fsp3) is 0.227. The van der Waals surface area contributed by atoms with Crippen LogP contribution in [0.1, 0.15) is 34.3 Å². The number of hydrogen-bond acceptors (Lipinski definition) is 8. The minimum atomic E-state index is -0.449. The number of thiophene rings is 1. The molecule has 1 aromatic carbocycles. The van der Waals surface area contributed by atoms with E-state index in [9.17, 15) is 14.9 Å². The number of carbonyl (C=O) groups excluding carboxylic acids is 1. The lowest BCUT2D eigenvalue weighted by atomic mass is 9.87. The molecule has 3 aromatic heterocycles. The number of carbonyl (C=O) groups is 1. The second kappa shape index (κ2) is 7.95. The van der Waals surface area contributed by atoms with Crippen LogP contribution in [0.4, 0.5) is 16.5 Å². The number of rotatable bonds is 4. The molecular weight excluding hydrogens is 446 g/mol. The van der Waals surface area contributed by atoms with E-state index < -0.39 is 4.92 Å². The van der Waals surface area contributed by atoms with Gasteiger partial charge in [0.1, 0.15) is 9.71 Å². The van der Waals surface area contributed by atoms with Gasteiger partial charge < -0.3 is 5.73 Å². The van der Waals surface area contributed by atoms with Gasteiger partial charge in [-0.2, -0.15) is 0 Å². The first kappa shape index (κ1) is 20.5. The van der Waals surface area contributed by atoms with E-state index in [4.69, 9.17) is 10.7 Å². The van der Waals surface area contributed by atoms with Gasteiger partial charge in [0.2, 0.25) is 0 Å². The highest BCUT2D eigenvalue weighted by atomic mass is 32.1. The van der Waals surface area contributed by atoms with Crippen LogP contribution in [0.25, 0.3) is 21.5 Å². The zero-order valence-electron chi connectivity index (χ0n) is 17.1. The Hall–Kier alpha value is -3.37. The molecule has 5 rings (SSSR count). The number of thiazole rings is 1. The summed E-state index contributed by atoms with van der Waals surface area (Å²) in [6, 6.07) is 8.32. The Labute approximate surface area is 191 Å². The van der Waals surface area contributed by atoms with Gasteiger partial charge in [-0.05, 0) is 36.8 Å². The van der Waals surface area contributed by atoms with Crippen LogP contribution < -0.4 is 11.1 Å². The number of nitrogens with zero attached hydrogens (tertiary/aromatic N) is 3. The Morgan fingerprint density at radius 3 is 2.97 bits per heavy atom. The third kappa shape index (κ3) is 3.71. The molecule has 1 aliphatic rings. The number of fused-ring (bicyclic) bond motifs is 2. The van der Waals surface area contributed by atoms with Crippen molar-refractivity contribution in [3.8, 4) is 11.3 Å². The van der Waals surface area contributed by atoms with Crippen LogP contribution in [0, 0.1) is 16.0 Å². The molecule has 1 atom stereocenters. The predicted octanol–water partition coefficient (Wildman–Crippen LogP) is 5.29. The molecule has 1 unspecified atom stereocenters. The van der Waals surface area contributed by atoms with Crippen LogP contribution in [0.15, 0.2) is 35.7 Å². The van der Waals surface area contributed by atoms with Crippen molar-refractivity contribution >= 4 is 55.3 Å². The molecule has 0 saturated carbocycles. The highest BCUT2D eigenvalue weighted by molar-refractivity contribution is 7.21. The maximum Gasteiger partial charge on any atom is 0.270 e. The smallest absolute Gasteiger partial charge is 0.270 e. The average molecular weight is 466 g/mol. The molecule has 1 aliphatic carbocycles. The lowest BCUT2D eigenvalue weighted by Gasteiger charge is -2.20. The number of amides is 1. The van der Waals surface area contributed by atoms with Crippen LogP contribution in [-0.4, -0.2) is 20.8 Å². The second-order valence-electron chi connectivity index (χ2n) is 7.94. The maximum absolute atomic E-state index is 12.9. The highest BCUT2D eigenvalue weighted by Crippen LogP contribution is 2.37. The summed E-state index contributed by atoms with van der Waals surface area (Å²) in [4.78, 5) is 33.9. The minimum Gasteiger partial charge on any atom is -0.397 e. The Bertz CT molecular complexity index is 1380. The summed E-state index contributed by atoms with van der Waals surface area (Å²) in [7, 11) is 0. The zero-order valence-corrected chi connectivity index (χ0v) is 18.8. The number of non-ortho nitro benzene ring substituents is 1. The summed E-state index contributed by atoms with van der Waals surface area (Å²) in [5.41, 5.74) is 10.2. The first-order chi connectivity index (χ1) is 15.4. The van der Waals surface area contributed by atoms with Crippen LogP contribution >= 0.6 is 22.7 Å². The van der Waals surface area contributed by atoms with Crippen LogP contribution in [0.3, 0.4) is 0 Å². The largest absolute Gasteiger partial charge is 0.397 e. The van der Waals surface area contributed by atoms with Crippen LogP contribution in [0.5, 0.6) is 0 Å². The summed E-state index contributed by atoms with van der Waals surface area (Å²) in [6.07, 6.45) is 3.05. The minimum absolute atomic E-state index is 0.0104. The molecule has 0 bridgehead atoms. The van der Waals surface area contributed by atoms with Gasteiger partial charge in [0.05, 0.1) is 16.3 Å². The van der Waals surface area contributed by atoms with Crippen molar-refractivity contribution in [3.63, 3.8) is 0 Å². The van der Waals surface area contributed by atoms with Gasteiger partial charge in [0.25, 0.3) is 11.6 Å². The molecule has 1 amide bonds. The van der Waals surface area contributed by atoms with Crippen molar-refractivity contribution in [3.05, 3.63) is 62.0 Å². The molecule has 0 radical (unpaired) electrons. The van der Waals surface area contributed by atoms with Crippen molar-refractivity contribution in [2.75, 3.05) is 11.1 Å². The summed E-state index contributed by atoms with van der Waals surface area (Å²) in [5, 5.41) is 16.8. The van der Waals surface area contributed by atoms with Gasteiger partial charge >= 0.3 is 0 Å². The molecule has 0 spiro atoms. The van der Waals surface area contributed by atoms with Gasteiger partial charge in [-0.15, -0.1) is 22.7 Å². The molecule has 8 nitrogen and oxygen atoms in total. The van der Waals surface area contributed by atoms with Gasteiger partial charge in [0.15, 0.2) is 5.13 Å². The third-order valence-corrected chi connectivity index (χ3v) is 7.49. The fourth-order valence-corrected chi connectivity index (χ4v) is 5.64. The van der Waals surface area contributed by atoms with Crippen molar-refractivity contribution in [2.24, 2.45) is 5.92 Å². The molecular formula is C22H19N5O3S2. The van der Waals surface area contributed by atoms with E-state index in [2.05, 4.69) is 23.3 Å². The number of nitro groups is 1. The van der Waals surface area contributed by atoms with Crippen LogP contribution in [0.2, 0.25) is 0 Å². The van der Waals surface area contributed by atoms with Crippen LogP contribution in [-0.2, 0) is 12.8 Å². The Balaban J connectivity index is 1.40. The number of nitrogen functional groups attached to an aromatic ring is 1. The van der Waals surface area contributed by atoms with Gasteiger partial charge in [0, 0.05) is 34.2 Å². The number of benzene rings is 1. The first-order valence-corrected chi connectivity index (χ1v) is 11.8. The average Bonchev–Trinajstić information content (AvgIpc) is 3.37. The number of hydrogen-bond donors (Lipinski definition) is 2. The zero-order chi connectivity index (χ0) is 22.4. The molecule has 4 aromatic rings. The molecule has 0 aliphatic heterocycles. The number of pyridine rings is 1. The predicted molar refractivity (Wildman–Crippen MR) is 127 cm³/mol. The fourth-order valence-electron chi connectivity index (χ4n) is 3.94. The second-order valence-corrected chi connectivity index (χ2v) is 9.80. The van der Waals surface area contributed by atoms with E-state index in [-0.39, 0.29) is 11.6 Å². The maximum atomic E-state index is 12.9. The number of nitrogens with two attached hydrogens (primary N) is 1. The summed E-state index contributed by atoms with van der Waals surface area (Å²) in [6.45, 7) is 2.24. The lowest BCUT2D eigenvalue weighted by molar-refractivity contribution is -0.384.